The normalized spacial score (nSPS) is 49.7. The van der Waals surface area contributed by atoms with Crippen LogP contribution >= 0.6 is 0 Å². The number of ketones is 1. The number of rotatable bonds is 1. The maximum Gasteiger partial charge on any atom is 0.309 e. The van der Waals surface area contributed by atoms with Crippen LogP contribution in [0.3, 0.4) is 0 Å². The quantitative estimate of drug-likeness (QED) is 0.687. The number of carbonyl (C=O) groups is 2. The lowest BCUT2D eigenvalue weighted by Crippen LogP contribution is -2.54. The summed E-state index contributed by atoms with van der Waals surface area (Å²) < 4.78 is 0. The van der Waals surface area contributed by atoms with Crippen molar-refractivity contribution in [2.45, 2.75) is 32.1 Å². The van der Waals surface area contributed by atoms with E-state index < -0.39 is 11.4 Å². The molecule has 0 spiro atoms. The molecule has 0 heterocycles. The van der Waals surface area contributed by atoms with Crippen LogP contribution in [0.5, 0.6) is 0 Å². The lowest BCUT2D eigenvalue weighted by atomic mass is 9.49. The summed E-state index contributed by atoms with van der Waals surface area (Å²) in [5.41, 5.74) is -0.523. The van der Waals surface area contributed by atoms with Gasteiger partial charge >= 0.3 is 5.97 Å². The van der Waals surface area contributed by atoms with Gasteiger partial charge in [0.1, 0.15) is 5.78 Å². The van der Waals surface area contributed by atoms with Crippen molar-refractivity contribution in [3.05, 3.63) is 0 Å². The summed E-state index contributed by atoms with van der Waals surface area (Å²) >= 11 is 0. The monoisotopic (exact) mass is 194 g/mol. The molecule has 0 aromatic rings. The van der Waals surface area contributed by atoms with Crippen molar-refractivity contribution in [3.63, 3.8) is 0 Å². The fourth-order valence-corrected chi connectivity index (χ4v) is 4.01. The Morgan fingerprint density at radius 2 is 1.79 bits per heavy atom. The molecule has 4 saturated carbocycles. The van der Waals surface area contributed by atoms with Gasteiger partial charge in [0.05, 0.1) is 5.41 Å². The Kier molecular flexibility index (Phi) is 1.44. The molecule has 3 heteroatoms. The zero-order chi connectivity index (χ0) is 9.92. The first-order chi connectivity index (χ1) is 6.61. The van der Waals surface area contributed by atoms with E-state index in [0.29, 0.717) is 24.5 Å². The molecule has 4 rings (SSSR count). The van der Waals surface area contributed by atoms with Crippen molar-refractivity contribution in [1.29, 1.82) is 0 Å². The summed E-state index contributed by atoms with van der Waals surface area (Å²) in [4.78, 5) is 23.0. The molecule has 2 atom stereocenters. The van der Waals surface area contributed by atoms with E-state index in [4.69, 9.17) is 0 Å². The van der Waals surface area contributed by atoms with Crippen molar-refractivity contribution in [2.24, 2.45) is 23.2 Å². The Morgan fingerprint density at radius 1 is 1.21 bits per heavy atom. The van der Waals surface area contributed by atoms with E-state index >= 15 is 0 Å². The highest BCUT2D eigenvalue weighted by molar-refractivity contribution is 5.89. The number of carboxylic acid groups (broad SMARTS) is 1. The minimum atomic E-state index is -0.663. The van der Waals surface area contributed by atoms with E-state index in [1.165, 1.54) is 0 Å². The van der Waals surface area contributed by atoms with E-state index in [0.717, 1.165) is 19.3 Å². The number of hydrogen-bond acceptors (Lipinski definition) is 2. The van der Waals surface area contributed by atoms with Crippen LogP contribution in [-0.2, 0) is 9.59 Å². The van der Waals surface area contributed by atoms with E-state index in [2.05, 4.69) is 0 Å². The molecular formula is C11H14O3. The lowest BCUT2D eigenvalue weighted by Gasteiger charge is -2.53. The minimum Gasteiger partial charge on any atom is -0.481 e. The third-order valence-corrected chi connectivity index (χ3v) is 4.45. The van der Waals surface area contributed by atoms with Crippen LogP contribution in [0.4, 0.5) is 0 Å². The first-order valence-electron chi connectivity index (χ1n) is 5.38. The molecule has 0 amide bonds. The molecule has 1 N–H and O–H groups in total. The van der Waals surface area contributed by atoms with Crippen molar-refractivity contribution in [3.8, 4) is 0 Å². The van der Waals surface area contributed by atoms with Gasteiger partial charge in [-0.1, -0.05) is 0 Å². The van der Waals surface area contributed by atoms with Crippen LogP contribution in [0.15, 0.2) is 0 Å². The van der Waals surface area contributed by atoms with Crippen LogP contribution in [0.25, 0.3) is 0 Å². The molecule has 76 valence electrons. The smallest absolute Gasteiger partial charge is 0.309 e. The van der Waals surface area contributed by atoms with Gasteiger partial charge in [-0.05, 0) is 38.0 Å². The van der Waals surface area contributed by atoms with E-state index in [1.54, 1.807) is 0 Å². The van der Waals surface area contributed by atoms with Gasteiger partial charge in [-0.15, -0.1) is 0 Å². The number of Topliss-reactive ketones (excluding diaryl/α,β-unsaturated/α-hetero) is 1. The molecule has 0 aliphatic heterocycles. The van der Waals surface area contributed by atoms with Gasteiger partial charge in [-0.25, -0.2) is 0 Å². The zero-order valence-electron chi connectivity index (χ0n) is 8.03. The molecule has 0 unspecified atom stereocenters. The Bertz CT molecular complexity index is 302. The number of carbonyl (C=O) groups excluding carboxylic acids is 1. The predicted octanol–water partition coefficient (Wildman–Crippen LogP) is 1.47. The van der Waals surface area contributed by atoms with E-state index in [9.17, 15) is 14.7 Å². The van der Waals surface area contributed by atoms with Crippen molar-refractivity contribution >= 4 is 11.8 Å². The first kappa shape index (κ1) is 8.45. The summed E-state index contributed by atoms with van der Waals surface area (Å²) in [7, 11) is 0. The fourth-order valence-electron chi connectivity index (χ4n) is 4.01. The molecule has 0 aromatic carbocycles. The second-order valence-electron chi connectivity index (χ2n) is 5.33. The van der Waals surface area contributed by atoms with Crippen LogP contribution in [0.2, 0.25) is 0 Å². The molecule has 4 bridgehead atoms. The van der Waals surface area contributed by atoms with Gasteiger partial charge in [-0.3, -0.25) is 9.59 Å². The molecule has 0 aromatic heterocycles. The predicted molar refractivity (Wildman–Crippen MR) is 48.6 cm³/mol. The zero-order valence-corrected chi connectivity index (χ0v) is 8.03. The number of aliphatic carboxylic acids is 1. The van der Waals surface area contributed by atoms with Gasteiger partial charge in [0.15, 0.2) is 0 Å². The van der Waals surface area contributed by atoms with Crippen LogP contribution in [-0.4, -0.2) is 16.9 Å². The maximum atomic E-state index is 11.7. The molecule has 0 saturated heterocycles. The molecule has 4 fully saturated rings. The molecule has 4 aliphatic rings. The second-order valence-corrected chi connectivity index (χ2v) is 5.33. The first-order valence-corrected chi connectivity index (χ1v) is 5.38. The standard InChI is InChI=1S/C11H14O3/c12-9-7-1-6-2-8(9)5-11(3-6,4-7)10(13)14/h6-8H,1-5H2,(H,13,14)/t6?,7-,8-,11?/m0/s1. The fraction of sp³-hybridized carbons (Fsp3) is 0.818. The SMILES string of the molecule is O=C1[C@H]2CC3C[C@H]1CC(C(=O)O)(C3)C2. The van der Waals surface area contributed by atoms with Crippen LogP contribution < -0.4 is 0 Å². The van der Waals surface area contributed by atoms with E-state index in [-0.39, 0.29) is 11.8 Å². The lowest BCUT2D eigenvalue weighted by molar-refractivity contribution is -0.169. The van der Waals surface area contributed by atoms with Gasteiger partial charge in [0, 0.05) is 11.8 Å². The average molecular weight is 194 g/mol. The third kappa shape index (κ3) is 0.877. The highest BCUT2D eigenvalue weighted by Gasteiger charge is 2.58. The summed E-state index contributed by atoms with van der Waals surface area (Å²) in [6.07, 6.45) is 3.99. The molecule has 3 nitrogen and oxygen atoms in total. The maximum absolute atomic E-state index is 11.7. The van der Waals surface area contributed by atoms with Crippen LogP contribution in [0, 0.1) is 23.2 Å². The Morgan fingerprint density at radius 3 is 2.29 bits per heavy atom. The second kappa shape index (κ2) is 2.38. The minimum absolute atomic E-state index is 0.0809. The highest BCUT2D eigenvalue weighted by atomic mass is 16.4. The van der Waals surface area contributed by atoms with Gasteiger partial charge in [0.25, 0.3) is 0 Å². The average Bonchev–Trinajstić information content (AvgIpc) is 2.12. The molecule has 0 radical (unpaired) electrons. The number of hydrogen-bond donors (Lipinski definition) is 1. The Hall–Kier alpha value is -0.860. The van der Waals surface area contributed by atoms with Gasteiger partial charge in [-0.2, -0.15) is 0 Å². The summed E-state index contributed by atoms with van der Waals surface area (Å²) in [6.45, 7) is 0. The molecule has 4 aliphatic carbocycles. The van der Waals surface area contributed by atoms with Crippen molar-refractivity contribution in [2.75, 3.05) is 0 Å². The van der Waals surface area contributed by atoms with Gasteiger partial charge < -0.3 is 5.11 Å². The summed E-state index contributed by atoms with van der Waals surface area (Å²) in [6, 6.07) is 0. The topological polar surface area (TPSA) is 54.4 Å². The van der Waals surface area contributed by atoms with E-state index in [1.807, 2.05) is 0 Å². The number of carboxylic acids is 1. The van der Waals surface area contributed by atoms with Gasteiger partial charge in [0.2, 0.25) is 0 Å². The molecule has 14 heavy (non-hydrogen) atoms. The molecular weight excluding hydrogens is 180 g/mol. The highest BCUT2D eigenvalue weighted by Crippen LogP contribution is 2.58. The van der Waals surface area contributed by atoms with Crippen LogP contribution in [0.1, 0.15) is 32.1 Å². The Labute approximate surface area is 82.5 Å². The Balaban J connectivity index is 2.00. The van der Waals surface area contributed by atoms with Crippen molar-refractivity contribution < 1.29 is 14.7 Å². The largest absolute Gasteiger partial charge is 0.481 e. The third-order valence-electron chi connectivity index (χ3n) is 4.45. The summed E-state index contributed by atoms with van der Waals surface area (Å²) in [5.74, 6) is 0.373. The summed E-state index contributed by atoms with van der Waals surface area (Å²) in [5, 5.41) is 9.25. The van der Waals surface area contributed by atoms with Crippen molar-refractivity contribution in [1.82, 2.24) is 0 Å².